The number of alkyl halides is 1. The van der Waals surface area contributed by atoms with Gasteiger partial charge in [0.25, 0.3) is 5.78 Å². The average molecular weight is 741 g/mol. The zero-order valence-electron chi connectivity index (χ0n) is 29.3. The molecule has 0 heterocycles. The molecule has 16 heteroatoms. The van der Waals surface area contributed by atoms with Gasteiger partial charge in [0.1, 0.15) is 6.61 Å². The molecule has 0 radical (unpaired) electrons. The second kappa shape index (κ2) is 38.4. The van der Waals surface area contributed by atoms with Gasteiger partial charge < -0.3 is 61.6 Å². The van der Waals surface area contributed by atoms with E-state index in [2.05, 4.69) is 0 Å². The van der Waals surface area contributed by atoms with E-state index in [0.29, 0.717) is 163 Å². The molecule has 1 aromatic rings. The Balaban J connectivity index is 1.65. The van der Waals surface area contributed by atoms with Crippen LogP contribution in [0.5, 0.6) is 0 Å². The van der Waals surface area contributed by atoms with Gasteiger partial charge >= 0.3 is 5.97 Å². The Morgan fingerprint density at radius 2 is 0.600 bits per heavy atom. The van der Waals surface area contributed by atoms with E-state index in [1.807, 2.05) is 0 Å². The molecule has 290 valence electrons. The molecule has 0 N–H and O–H groups in total. The summed E-state index contributed by atoms with van der Waals surface area (Å²) in [6.45, 7) is 11.2. The van der Waals surface area contributed by atoms with Crippen molar-refractivity contribution in [3.8, 4) is 0 Å². The van der Waals surface area contributed by atoms with Crippen LogP contribution in [0.3, 0.4) is 0 Å². The number of rotatable bonds is 40. The van der Waals surface area contributed by atoms with Crippen molar-refractivity contribution in [2.75, 3.05) is 171 Å². The van der Waals surface area contributed by atoms with Crippen molar-refractivity contribution in [1.29, 1.82) is 0 Å². The highest BCUT2D eigenvalue weighted by molar-refractivity contribution is 6.40. The number of halogens is 1. The minimum Gasteiger partial charge on any atom is -0.457 e. The molecule has 1 aromatic carbocycles. The summed E-state index contributed by atoms with van der Waals surface area (Å²) in [6, 6.07) is 8.25. The van der Waals surface area contributed by atoms with Crippen LogP contribution in [0.4, 0.5) is 0 Å². The van der Waals surface area contributed by atoms with Crippen LogP contribution in [0.25, 0.3) is 0 Å². The maximum atomic E-state index is 11.9. The molecule has 0 amide bonds. The number of esters is 1. The lowest BCUT2D eigenvalue weighted by Crippen LogP contribution is -2.20. The van der Waals surface area contributed by atoms with Crippen LogP contribution >= 0.6 is 11.6 Å². The molecule has 0 aliphatic heterocycles. The van der Waals surface area contributed by atoms with Crippen molar-refractivity contribution in [2.45, 2.75) is 0 Å². The number of Topliss-reactive ketones (excluding diaryl/α,β-unsaturated/α-hetero) is 1. The van der Waals surface area contributed by atoms with Crippen molar-refractivity contribution in [3.63, 3.8) is 0 Å². The van der Waals surface area contributed by atoms with Crippen molar-refractivity contribution in [1.82, 2.24) is 0 Å². The highest BCUT2D eigenvalue weighted by Gasteiger charge is 2.17. The molecule has 0 spiro atoms. The highest BCUT2D eigenvalue weighted by Crippen LogP contribution is 2.01. The van der Waals surface area contributed by atoms with Gasteiger partial charge in [-0.05, 0) is 0 Å². The molecule has 0 saturated heterocycles. The van der Waals surface area contributed by atoms with E-state index in [9.17, 15) is 9.59 Å². The molecule has 0 saturated carbocycles. The van der Waals surface area contributed by atoms with Gasteiger partial charge in [0.2, 0.25) is 0 Å². The van der Waals surface area contributed by atoms with Crippen LogP contribution in [0, 0.1) is 0 Å². The molecule has 1 rings (SSSR count). The molecule has 0 atom stereocenters. The maximum Gasteiger partial charge on any atom is 0.379 e. The molecule has 0 fully saturated rings. The van der Waals surface area contributed by atoms with E-state index >= 15 is 0 Å². The van der Waals surface area contributed by atoms with Gasteiger partial charge in [0.05, 0.1) is 159 Å². The first-order valence-corrected chi connectivity index (χ1v) is 17.5. The number of carbonyl (C=O) groups is 2. The largest absolute Gasteiger partial charge is 0.457 e. The lowest BCUT2D eigenvalue weighted by Gasteiger charge is -2.09. The summed E-state index contributed by atoms with van der Waals surface area (Å²) in [7, 11) is 0. The van der Waals surface area contributed by atoms with E-state index in [1.165, 1.54) is 0 Å². The number of benzene rings is 1. The summed E-state index contributed by atoms with van der Waals surface area (Å²) in [5.74, 6) is -1.09. The smallest absolute Gasteiger partial charge is 0.379 e. The van der Waals surface area contributed by atoms with Crippen molar-refractivity contribution in [3.05, 3.63) is 35.9 Å². The standard InChI is InChI=1S/C34H57ClO15/c35-6-7-38-8-9-39-10-11-40-12-13-41-14-15-42-16-17-43-18-19-44-20-21-45-22-23-46-24-25-47-26-27-48-28-29-49-30-31-50-34(37)33(36)32-4-2-1-3-5-32/h1-5H,6-31H2. The van der Waals surface area contributed by atoms with E-state index in [4.69, 9.17) is 73.2 Å². The average Bonchev–Trinajstić information content (AvgIpc) is 3.14. The number of carbonyl (C=O) groups excluding carboxylic acids is 2. The summed E-state index contributed by atoms with van der Waals surface area (Å²) < 4.78 is 69.8. The van der Waals surface area contributed by atoms with Crippen LogP contribution in [-0.4, -0.2) is 183 Å². The lowest BCUT2D eigenvalue weighted by atomic mass is 10.1. The van der Waals surface area contributed by atoms with Crippen LogP contribution < -0.4 is 0 Å². The summed E-state index contributed by atoms with van der Waals surface area (Å²) >= 11 is 5.51. The summed E-state index contributed by atoms with van der Waals surface area (Å²) in [5.41, 5.74) is 0.294. The predicted octanol–water partition coefficient (Wildman–Crippen LogP) is 1.85. The molecule has 0 unspecified atom stereocenters. The van der Waals surface area contributed by atoms with Crippen LogP contribution in [-0.2, 0) is 66.4 Å². The topological polar surface area (TPSA) is 154 Å². The Hall–Kier alpha value is -1.83. The third kappa shape index (κ3) is 32.1. The third-order valence-electron chi connectivity index (χ3n) is 6.00. The van der Waals surface area contributed by atoms with Crippen molar-refractivity contribution in [2.24, 2.45) is 0 Å². The van der Waals surface area contributed by atoms with Crippen LogP contribution in [0.15, 0.2) is 30.3 Å². The van der Waals surface area contributed by atoms with Gasteiger partial charge in [-0.15, -0.1) is 11.6 Å². The third-order valence-corrected chi connectivity index (χ3v) is 6.15. The lowest BCUT2D eigenvalue weighted by molar-refractivity contribution is -0.139. The Morgan fingerprint density at radius 3 is 0.860 bits per heavy atom. The van der Waals surface area contributed by atoms with Crippen molar-refractivity contribution >= 4 is 23.4 Å². The van der Waals surface area contributed by atoms with E-state index in [1.54, 1.807) is 30.3 Å². The van der Waals surface area contributed by atoms with E-state index in [-0.39, 0.29) is 13.2 Å². The molecule has 50 heavy (non-hydrogen) atoms. The second-order valence-electron chi connectivity index (χ2n) is 9.87. The van der Waals surface area contributed by atoms with Gasteiger partial charge in [-0.1, -0.05) is 30.3 Å². The number of ether oxygens (including phenoxy) is 13. The fourth-order valence-corrected chi connectivity index (χ4v) is 3.65. The fraction of sp³-hybridized carbons (Fsp3) is 0.765. The minimum absolute atomic E-state index is 0.00484. The number of hydrogen-bond acceptors (Lipinski definition) is 15. The Bertz CT molecular complexity index is 868. The maximum absolute atomic E-state index is 11.9. The first-order chi connectivity index (χ1) is 24.8. The molecule has 0 bridgehead atoms. The highest BCUT2D eigenvalue weighted by atomic mass is 35.5. The van der Waals surface area contributed by atoms with Gasteiger partial charge in [-0.3, -0.25) is 4.79 Å². The molecule has 0 aromatic heterocycles. The molecule has 0 aliphatic carbocycles. The normalized spacial score (nSPS) is 11.3. The second-order valence-corrected chi connectivity index (χ2v) is 10.2. The molecular formula is C34H57ClO15. The van der Waals surface area contributed by atoms with Gasteiger partial charge in [-0.2, -0.15) is 0 Å². The summed E-state index contributed by atoms with van der Waals surface area (Å²) in [4.78, 5) is 23.6. The zero-order valence-corrected chi connectivity index (χ0v) is 30.0. The predicted molar refractivity (Wildman–Crippen MR) is 182 cm³/mol. The Morgan fingerprint density at radius 1 is 0.360 bits per heavy atom. The molecule has 0 aliphatic rings. The van der Waals surface area contributed by atoms with Gasteiger partial charge in [0.15, 0.2) is 0 Å². The molecular weight excluding hydrogens is 684 g/mol. The number of hydrogen-bond donors (Lipinski definition) is 0. The minimum atomic E-state index is -0.899. The summed E-state index contributed by atoms with van der Waals surface area (Å²) in [5, 5.41) is 0. The quantitative estimate of drug-likeness (QED) is 0.0316. The Labute approximate surface area is 301 Å². The zero-order chi connectivity index (χ0) is 35.8. The number of ketones is 1. The van der Waals surface area contributed by atoms with Gasteiger partial charge in [0, 0.05) is 11.4 Å². The summed E-state index contributed by atoms with van der Waals surface area (Å²) in [6.07, 6.45) is 0. The molecule has 15 nitrogen and oxygen atoms in total. The Kier molecular flexibility index (Phi) is 35.5. The fourth-order valence-electron chi connectivity index (χ4n) is 3.54. The van der Waals surface area contributed by atoms with Gasteiger partial charge in [-0.25, -0.2) is 4.79 Å². The monoisotopic (exact) mass is 740 g/mol. The first kappa shape index (κ1) is 46.2. The van der Waals surface area contributed by atoms with E-state index < -0.39 is 11.8 Å². The SMILES string of the molecule is O=C(OCCOCCOCCOCCOCCOCCOCCOCCOCCOCCOCCOCCOCCCl)C(=O)c1ccccc1. The van der Waals surface area contributed by atoms with E-state index in [0.717, 1.165) is 0 Å². The van der Waals surface area contributed by atoms with Crippen molar-refractivity contribution < 1.29 is 71.2 Å². The first-order valence-electron chi connectivity index (χ1n) is 17.0. The van der Waals surface area contributed by atoms with Crippen LogP contribution in [0.2, 0.25) is 0 Å². The van der Waals surface area contributed by atoms with Crippen LogP contribution in [0.1, 0.15) is 10.4 Å².